The molecule has 0 spiro atoms. The fourth-order valence-corrected chi connectivity index (χ4v) is 1.44. The van der Waals surface area contributed by atoms with Crippen molar-refractivity contribution in [3.05, 3.63) is 47.0 Å². The molecule has 0 bridgehead atoms. The van der Waals surface area contributed by atoms with E-state index in [4.69, 9.17) is 0 Å². The van der Waals surface area contributed by atoms with Gasteiger partial charge in [-0.15, -0.1) is 0 Å². The number of benzene rings is 1. The van der Waals surface area contributed by atoms with Gasteiger partial charge in [0, 0.05) is 12.2 Å². The highest BCUT2D eigenvalue weighted by Gasteiger charge is 2.00. The molecule has 0 aliphatic carbocycles. The van der Waals surface area contributed by atoms with Crippen molar-refractivity contribution in [3.8, 4) is 0 Å². The molecule has 1 aromatic carbocycles. The van der Waals surface area contributed by atoms with Gasteiger partial charge >= 0.3 is 11.9 Å². The minimum Gasteiger partial charge on any atom is -0.466 e. The van der Waals surface area contributed by atoms with Crippen LogP contribution < -0.4 is 0 Å². The lowest BCUT2D eigenvalue weighted by Crippen LogP contribution is -1.95. The van der Waals surface area contributed by atoms with Gasteiger partial charge in [0.1, 0.15) is 0 Å². The Kier molecular flexibility index (Phi) is 5.54. The van der Waals surface area contributed by atoms with Crippen molar-refractivity contribution in [2.24, 2.45) is 0 Å². The zero-order valence-corrected chi connectivity index (χ0v) is 11.2. The highest BCUT2D eigenvalue weighted by Crippen LogP contribution is 2.15. The Bertz CT molecular complexity index is 527. The molecule has 1 rings (SSSR count). The van der Waals surface area contributed by atoms with Gasteiger partial charge in [0.05, 0.1) is 14.2 Å². The number of aryl methyl sites for hydroxylation is 1. The molecular weight excluding hydrogens is 244 g/mol. The third-order valence-corrected chi connectivity index (χ3v) is 2.44. The average molecular weight is 260 g/mol. The largest absolute Gasteiger partial charge is 0.466 e. The van der Waals surface area contributed by atoms with E-state index >= 15 is 0 Å². The van der Waals surface area contributed by atoms with Crippen LogP contribution >= 0.6 is 0 Å². The van der Waals surface area contributed by atoms with Crippen molar-refractivity contribution < 1.29 is 19.1 Å². The number of hydrogen-bond donors (Lipinski definition) is 0. The molecule has 100 valence electrons. The van der Waals surface area contributed by atoms with Gasteiger partial charge in [0.2, 0.25) is 0 Å². The van der Waals surface area contributed by atoms with E-state index in [0.717, 1.165) is 16.7 Å². The van der Waals surface area contributed by atoms with Crippen molar-refractivity contribution in [1.82, 2.24) is 0 Å². The summed E-state index contributed by atoms with van der Waals surface area (Å²) in [6.07, 6.45) is 5.96. The fourth-order valence-electron chi connectivity index (χ4n) is 1.44. The maximum Gasteiger partial charge on any atom is 0.330 e. The molecule has 0 unspecified atom stereocenters. The average Bonchev–Trinajstić information content (AvgIpc) is 2.43. The molecule has 0 aliphatic rings. The van der Waals surface area contributed by atoms with Gasteiger partial charge in [0.15, 0.2) is 0 Å². The highest BCUT2D eigenvalue weighted by atomic mass is 16.5. The van der Waals surface area contributed by atoms with E-state index in [9.17, 15) is 9.59 Å². The molecule has 0 heterocycles. The van der Waals surface area contributed by atoms with Crippen LogP contribution in [0.5, 0.6) is 0 Å². The second-order valence-electron chi connectivity index (χ2n) is 3.85. The number of methoxy groups -OCH3 is 2. The van der Waals surface area contributed by atoms with Gasteiger partial charge in [-0.3, -0.25) is 0 Å². The van der Waals surface area contributed by atoms with Crippen LogP contribution in [0.4, 0.5) is 0 Å². The first-order valence-corrected chi connectivity index (χ1v) is 5.69. The zero-order valence-electron chi connectivity index (χ0n) is 11.2. The molecule has 0 atom stereocenters. The number of carbonyl (C=O) groups is 2. The van der Waals surface area contributed by atoms with Crippen LogP contribution in [0.25, 0.3) is 12.2 Å². The number of hydrogen-bond acceptors (Lipinski definition) is 4. The fraction of sp³-hybridized carbons (Fsp3) is 0.200. The van der Waals surface area contributed by atoms with Crippen LogP contribution in [-0.4, -0.2) is 26.2 Å². The summed E-state index contributed by atoms with van der Waals surface area (Å²) in [5.74, 6) is -0.854. The summed E-state index contributed by atoms with van der Waals surface area (Å²) in [7, 11) is 2.64. The molecule has 0 aromatic heterocycles. The van der Waals surface area contributed by atoms with Crippen LogP contribution in [0.3, 0.4) is 0 Å². The maximum absolute atomic E-state index is 11.1. The molecule has 0 aliphatic heterocycles. The first-order valence-electron chi connectivity index (χ1n) is 5.69. The van der Waals surface area contributed by atoms with Gasteiger partial charge in [0.25, 0.3) is 0 Å². The Morgan fingerprint density at radius 1 is 0.947 bits per heavy atom. The van der Waals surface area contributed by atoms with Gasteiger partial charge in [-0.05, 0) is 30.2 Å². The lowest BCUT2D eigenvalue weighted by atomic mass is 10.0. The van der Waals surface area contributed by atoms with Crippen LogP contribution in [0.1, 0.15) is 16.7 Å². The normalized spacial score (nSPS) is 10.9. The summed E-state index contributed by atoms with van der Waals surface area (Å²) in [6, 6.07) is 5.70. The molecule has 0 amide bonds. The molecule has 0 saturated heterocycles. The molecule has 19 heavy (non-hydrogen) atoms. The topological polar surface area (TPSA) is 52.6 Å². The molecule has 0 saturated carbocycles. The van der Waals surface area contributed by atoms with E-state index in [1.165, 1.54) is 26.4 Å². The maximum atomic E-state index is 11.1. The smallest absolute Gasteiger partial charge is 0.330 e. The molecule has 0 radical (unpaired) electrons. The van der Waals surface area contributed by atoms with Gasteiger partial charge < -0.3 is 9.47 Å². The third kappa shape index (κ3) is 4.79. The quantitative estimate of drug-likeness (QED) is 0.616. The lowest BCUT2D eigenvalue weighted by Gasteiger charge is -2.03. The summed E-state index contributed by atoms with van der Waals surface area (Å²) in [6.45, 7) is 1.95. The monoisotopic (exact) mass is 260 g/mol. The standard InChI is InChI=1S/C15H16O4/c1-11-4-5-12(6-8-14(16)18-2)13(10-11)7-9-15(17)19-3/h4-10H,1-3H3/b8-6+,9-7+. The minimum absolute atomic E-state index is 0.426. The van der Waals surface area contributed by atoms with Crippen molar-refractivity contribution >= 4 is 24.1 Å². The van der Waals surface area contributed by atoms with E-state index in [1.54, 1.807) is 12.2 Å². The number of rotatable bonds is 4. The molecule has 4 heteroatoms. The summed E-state index contributed by atoms with van der Waals surface area (Å²) in [5.41, 5.74) is 2.70. The van der Waals surface area contributed by atoms with Crippen LogP contribution in [0, 0.1) is 6.92 Å². The number of esters is 2. The van der Waals surface area contributed by atoms with Crippen molar-refractivity contribution in [1.29, 1.82) is 0 Å². The van der Waals surface area contributed by atoms with E-state index in [2.05, 4.69) is 9.47 Å². The number of ether oxygens (including phenoxy) is 2. The summed E-state index contributed by atoms with van der Waals surface area (Å²) in [5, 5.41) is 0. The Labute approximate surface area is 112 Å². The van der Waals surface area contributed by atoms with Crippen LogP contribution in [0.15, 0.2) is 30.4 Å². The van der Waals surface area contributed by atoms with Crippen molar-refractivity contribution in [2.45, 2.75) is 6.92 Å². The first-order chi connectivity index (χ1) is 9.06. The zero-order chi connectivity index (χ0) is 14.3. The second kappa shape index (κ2) is 7.16. The Morgan fingerprint density at radius 2 is 1.47 bits per heavy atom. The van der Waals surface area contributed by atoms with E-state index in [1.807, 2.05) is 25.1 Å². The van der Waals surface area contributed by atoms with E-state index in [0.29, 0.717) is 0 Å². The summed E-state index contributed by atoms with van der Waals surface area (Å²) >= 11 is 0. The van der Waals surface area contributed by atoms with Crippen LogP contribution in [0.2, 0.25) is 0 Å². The molecule has 0 N–H and O–H groups in total. The molecular formula is C15H16O4. The summed E-state index contributed by atoms with van der Waals surface area (Å²) in [4.78, 5) is 22.2. The molecule has 4 nitrogen and oxygen atoms in total. The van der Waals surface area contributed by atoms with Crippen molar-refractivity contribution in [2.75, 3.05) is 14.2 Å². The van der Waals surface area contributed by atoms with Crippen LogP contribution in [-0.2, 0) is 19.1 Å². The number of carbonyl (C=O) groups excluding carboxylic acids is 2. The van der Waals surface area contributed by atoms with Gasteiger partial charge in [-0.1, -0.05) is 23.8 Å². The predicted molar refractivity (Wildman–Crippen MR) is 73.3 cm³/mol. The Morgan fingerprint density at radius 3 is 2.00 bits per heavy atom. The van der Waals surface area contributed by atoms with Crippen molar-refractivity contribution in [3.63, 3.8) is 0 Å². The minimum atomic E-state index is -0.427. The lowest BCUT2D eigenvalue weighted by molar-refractivity contribution is -0.135. The van der Waals surface area contributed by atoms with E-state index in [-0.39, 0.29) is 0 Å². The van der Waals surface area contributed by atoms with Gasteiger partial charge in [-0.25, -0.2) is 9.59 Å². The van der Waals surface area contributed by atoms with Gasteiger partial charge in [-0.2, -0.15) is 0 Å². The first kappa shape index (κ1) is 14.7. The molecule has 0 fully saturated rings. The van der Waals surface area contributed by atoms with E-state index < -0.39 is 11.9 Å². The second-order valence-corrected chi connectivity index (χ2v) is 3.85. The predicted octanol–water partition coefficient (Wildman–Crippen LogP) is 2.37. The SMILES string of the molecule is COC(=O)/C=C/c1ccc(C)cc1/C=C/C(=O)OC. The Balaban J connectivity index is 3.04. The molecule has 1 aromatic rings. The Hall–Kier alpha value is -2.36. The summed E-state index contributed by atoms with van der Waals surface area (Å²) < 4.78 is 9.07. The third-order valence-electron chi connectivity index (χ3n) is 2.44. The highest BCUT2D eigenvalue weighted by molar-refractivity contribution is 5.90.